The van der Waals surface area contributed by atoms with Crippen molar-refractivity contribution in [3.8, 4) is 0 Å². The first-order chi connectivity index (χ1) is 13.6. The Morgan fingerprint density at radius 3 is 1.35 bits per heavy atom. The molecule has 1 atom stereocenters. The van der Waals surface area contributed by atoms with Crippen LogP contribution in [0, 0.1) is 11.8 Å². The number of hydrogen-bond acceptors (Lipinski definition) is 0. The highest BCUT2D eigenvalue weighted by Crippen LogP contribution is 2.65. The van der Waals surface area contributed by atoms with Gasteiger partial charge in [0.2, 0.25) is 0 Å². The van der Waals surface area contributed by atoms with Crippen LogP contribution in [0.25, 0.3) is 0 Å². The summed E-state index contributed by atoms with van der Waals surface area (Å²) in [4.78, 5) is 0. The maximum Gasteiger partial charge on any atom is 0.110 e. The molecule has 2 heteroatoms. The summed E-state index contributed by atoms with van der Waals surface area (Å²) in [5.74, 6) is 2.41. The Labute approximate surface area is 200 Å². The highest BCUT2D eigenvalue weighted by molar-refractivity contribution is 7.61. The second-order valence-corrected chi connectivity index (χ2v) is 21.5. The predicted octanol–water partition coefficient (Wildman–Crippen LogP) is 10.4. The van der Waals surface area contributed by atoms with E-state index in [-0.39, 0.29) is 15.8 Å². The molecule has 0 aromatic carbocycles. The SMILES string of the molecule is CCC1C(CP(C(C)(C)C)C(C)(C)C)=C(C)C(C)=C(C)[C+]1CP(C(C)(C)C)C(C)(C)C. The average molecular weight is 466 g/mol. The molecule has 0 bridgehead atoms. The van der Waals surface area contributed by atoms with Crippen LogP contribution >= 0.6 is 15.8 Å². The molecule has 0 saturated heterocycles. The fraction of sp³-hybridized carbons (Fsp3) is 0.828. The molecule has 0 heterocycles. The summed E-state index contributed by atoms with van der Waals surface area (Å²) < 4.78 is 0. The van der Waals surface area contributed by atoms with E-state index in [1.165, 1.54) is 18.7 Å². The van der Waals surface area contributed by atoms with E-state index in [2.05, 4.69) is 111 Å². The summed E-state index contributed by atoms with van der Waals surface area (Å²) in [6.07, 6.45) is 3.83. The van der Waals surface area contributed by atoms with E-state index in [1.54, 1.807) is 28.2 Å². The first-order valence-electron chi connectivity index (χ1n) is 12.4. The van der Waals surface area contributed by atoms with Gasteiger partial charge in [0.05, 0.1) is 23.6 Å². The van der Waals surface area contributed by atoms with E-state index < -0.39 is 0 Å². The molecule has 0 N–H and O–H groups in total. The fourth-order valence-corrected chi connectivity index (χ4v) is 13.3. The lowest BCUT2D eigenvalue weighted by Crippen LogP contribution is -2.34. The van der Waals surface area contributed by atoms with Crippen molar-refractivity contribution in [2.24, 2.45) is 5.92 Å². The molecule has 1 aliphatic rings. The smallest absolute Gasteiger partial charge is 0.0913 e. The van der Waals surface area contributed by atoms with Crippen molar-refractivity contribution in [3.05, 3.63) is 28.2 Å². The van der Waals surface area contributed by atoms with Crippen LogP contribution < -0.4 is 0 Å². The fourth-order valence-electron chi connectivity index (χ4n) is 5.75. The molecule has 1 unspecified atom stereocenters. The molecule has 0 aromatic heterocycles. The molecule has 0 saturated carbocycles. The highest BCUT2D eigenvalue weighted by Gasteiger charge is 2.47. The second kappa shape index (κ2) is 9.83. The standard InChI is InChI=1S/C29H55P2/c1-17-23-24(18-30(26(5,6)7)27(8,9)10)21(3)20(2)22(4)25(23)19-31(28(11,12)13)29(14,15)16/h23H,17-19H2,1-16H3/q+1. The van der Waals surface area contributed by atoms with Crippen LogP contribution in [0.1, 0.15) is 117 Å². The van der Waals surface area contributed by atoms with Crippen molar-refractivity contribution in [2.75, 3.05) is 12.3 Å². The van der Waals surface area contributed by atoms with E-state index in [1.807, 2.05) is 0 Å². The number of allylic oxidation sites excluding steroid dienone is 4. The molecule has 0 aliphatic heterocycles. The van der Waals surface area contributed by atoms with Crippen molar-refractivity contribution in [2.45, 2.75) is 138 Å². The van der Waals surface area contributed by atoms with Crippen molar-refractivity contribution >= 4 is 15.8 Å². The molecule has 1 aliphatic carbocycles. The van der Waals surface area contributed by atoms with Crippen molar-refractivity contribution in [3.63, 3.8) is 0 Å². The zero-order chi connectivity index (χ0) is 24.7. The Morgan fingerprint density at radius 2 is 1.03 bits per heavy atom. The van der Waals surface area contributed by atoms with E-state index in [9.17, 15) is 0 Å². The average Bonchev–Trinajstić information content (AvgIpc) is 2.52. The lowest BCUT2D eigenvalue weighted by atomic mass is 9.72. The zero-order valence-corrected chi connectivity index (χ0v) is 25.9. The van der Waals surface area contributed by atoms with Gasteiger partial charge in [0, 0.05) is 12.5 Å². The second-order valence-electron chi connectivity index (χ2n) is 13.7. The van der Waals surface area contributed by atoms with Crippen molar-refractivity contribution < 1.29 is 0 Å². The molecule has 0 radical (unpaired) electrons. The van der Waals surface area contributed by atoms with Gasteiger partial charge in [0.25, 0.3) is 0 Å². The predicted molar refractivity (Wildman–Crippen MR) is 151 cm³/mol. The van der Waals surface area contributed by atoms with E-state index in [0.29, 0.717) is 26.5 Å². The molecule has 0 nitrogen and oxygen atoms in total. The monoisotopic (exact) mass is 465 g/mol. The molecule has 0 spiro atoms. The van der Waals surface area contributed by atoms with E-state index >= 15 is 0 Å². The molecule has 180 valence electrons. The third-order valence-corrected chi connectivity index (χ3v) is 15.0. The molecule has 0 amide bonds. The van der Waals surface area contributed by atoms with Crippen molar-refractivity contribution in [1.29, 1.82) is 0 Å². The summed E-state index contributed by atoms with van der Waals surface area (Å²) in [6.45, 7) is 39.3. The van der Waals surface area contributed by atoms with Gasteiger partial charge in [-0.25, -0.2) is 0 Å². The van der Waals surface area contributed by atoms with Crippen molar-refractivity contribution in [1.82, 2.24) is 0 Å². The quantitative estimate of drug-likeness (QED) is 0.280. The zero-order valence-electron chi connectivity index (χ0n) is 24.1. The van der Waals surface area contributed by atoms with Gasteiger partial charge in [0.1, 0.15) is 5.57 Å². The third-order valence-electron chi connectivity index (χ3n) is 7.23. The summed E-state index contributed by atoms with van der Waals surface area (Å²) >= 11 is 0. The van der Waals surface area contributed by atoms with Gasteiger partial charge in [0.15, 0.2) is 0 Å². The molecule has 1 rings (SSSR count). The van der Waals surface area contributed by atoms with Gasteiger partial charge in [-0.3, -0.25) is 0 Å². The normalized spacial score (nSPS) is 19.9. The lowest BCUT2D eigenvalue weighted by molar-refractivity contribution is 0.595. The molecular weight excluding hydrogens is 410 g/mol. The number of rotatable bonds is 5. The summed E-state index contributed by atoms with van der Waals surface area (Å²) in [6, 6.07) is 0. The minimum atomic E-state index is -0.131. The van der Waals surface area contributed by atoms with Crippen LogP contribution in [-0.2, 0) is 0 Å². The Kier molecular flexibility index (Phi) is 9.27. The van der Waals surface area contributed by atoms with E-state index in [0.717, 1.165) is 0 Å². The summed E-state index contributed by atoms with van der Waals surface area (Å²) in [5.41, 5.74) is 6.54. The molecule has 0 aromatic rings. The maximum absolute atomic E-state index is 2.47. The van der Waals surface area contributed by atoms with Gasteiger partial charge in [-0.1, -0.05) is 106 Å². The first-order valence-corrected chi connectivity index (χ1v) is 15.5. The minimum Gasteiger partial charge on any atom is -0.0913 e. The minimum absolute atomic E-state index is 0.131. The summed E-state index contributed by atoms with van der Waals surface area (Å²) in [7, 11) is -0.262. The van der Waals surface area contributed by atoms with Gasteiger partial charge < -0.3 is 0 Å². The van der Waals surface area contributed by atoms with Crippen LogP contribution in [-0.4, -0.2) is 32.9 Å². The van der Waals surface area contributed by atoms with Crippen LogP contribution in [0.3, 0.4) is 0 Å². The molecular formula is C29H55P2+. The van der Waals surface area contributed by atoms with Crippen LogP contribution in [0.15, 0.2) is 22.3 Å². The molecule has 31 heavy (non-hydrogen) atoms. The van der Waals surface area contributed by atoms with Crippen LogP contribution in [0.4, 0.5) is 0 Å². The number of hydrogen-bond donors (Lipinski definition) is 0. The Hall–Kier alpha value is 0.210. The maximum atomic E-state index is 2.47. The van der Waals surface area contributed by atoms with Gasteiger partial charge >= 0.3 is 0 Å². The first kappa shape index (κ1) is 29.2. The lowest BCUT2D eigenvalue weighted by Gasteiger charge is -2.45. The highest BCUT2D eigenvalue weighted by atomic mass is 31.1. The van der Waals surface area contributed by atoms with Crippen LogP contribution in [0.2, 0.25) is 0 Å². The summed E-state index contributed by atoms with van der Waals surface area (Å²) in [5, 5.41) is 1.47. The third kappa shape index (κ3) is 7.10. The topological polar surface area (TPSA) is 0 Å². The van der Waals surface area contributed by atoms with Crippen LogP contribution in [0.5, 0.6) is 0 Å². The van der Waals surface area contributed by atoms with E-state index in [4.69, 9.17) is 0 Å². The van der Waals surface area contributed by atoms with Gasteiger partial charge in [-0.2, -0.15) is 0 Å². The Bertz CT molecular complexity index is 652. The Morgan fingerprint density at radius 1 is 0.645 bits per heavy atom. The van der Waals surface area contributed by atoms with Gasteiger partial charge in [-0.05, 0) is 52.6 Å². The van der Waals surface area contributed by atoms with Gasteiger partial charge in [-0.15, -0.1) is 0 Å². The molecule has 0 fully saturated rings. The Balaban J connectivity index is 3.52. The largest absolute Gasteiger partial charge is 0.110 e.